The lowest BCUT2D eigenvalue weighted by atomic mass is 10.2. The Balaban J connectivity index is 2.32. The SMILES string of the molecule is NC(=O)CN1C(=O)C(=Cc2cc(F)ccc2O)SC1=S. The molecule has 0 saturated carbocycles. The minimum Gasteiger partial charge on any atom is -0.507 e. The molecule has 0 aliphatic carbocycles. The van der Waals surface area contributed by atoms with Gasteiger partial charge < -0.3 is 10.8 Å². The van der Waals surface area contributed by atoms with E-state index < -0.39 is 17.6 Å². The van der Waals surface area contributed by atoms with Gasteiger partial charge in [-0.25, -0.2) is 4.39 Å². The molecule has 1 aromatic carbocycles. The van der Waals surface area contributed by atoms with Gasteiger partial charge in [-0.15, -0.1) is 0 Å². The van der Waals surface area contributed by atoms with Crippen LogP contribution < -0.4 is 5.73 Å². The third kappa shape index (κ3) is 2.97. The van der Waals surface area contributed by atoms with E-state index in [0.717, 1.165) is 28.8 Å². The van der Waals surface area contributed by atoms with E-state index in [1.165, 1.54) is 12.1 Å². The first-order valence-corrected chi connectivity index (χ1v) is 6.63. The highest BCUT2D eigenvalue weighted by molar-refractivity contribution is 8.26. The number of nitrogens with zero attached hydrogens (tertiary/aromatic N) is 1. The highest BCUT2D eigenvalue weighted by Crippen LogP contribution is 2.33. The Hall–Kier alpha value is -1.93. The number of halogens is 1. The van der Waals surface area contributed by atoms with Crippen molar-refractivity contribution in [3.63, 3.8) is 0 Å². The summed E-state index contributed by atoms with van der Waals surface area (Å²) in [5.74, 6) is -1.88. The third-order valence-corrected chi connectivity index (χ3v) is 3.84. The number of phenols is 1. The maximum atomic E-state index is 13.1. The number of thiocarbonyl (C=S) groups is 1. The molecule has 0 bridgehead atoms. The Morgan fingerprint density at radius 2 is 2.25 bits per heavy atom. The van der Waals surface area contributed by atoms with Gasteiger partial charge in [-0.3, -0.25) is 14.5 Å². The van der Waals surface area contributed by atoms with Crippen LogP contribution in [0.3, 0.4) is 0 Å². The largest absolute Gasteiger partial charge is 0.507 e. The molecule has 0 aromatic heterocycles. The normalized spacial score (nSPS) is 17.1. The molecule has 1 aliphatic rings. The van der Waals surface area contributed by atoms with Gasteiger partial charge >= 0.3 is 0 Å². The lowest BCUT2D eigenvalue weighted by molar-refractivity contribution is -0.127. The van der Waals surface area contributed by atoms with E-state index in [1.54, 1.807) is 0 Å². The second-order valence-corrected chi connectivity index (χ2v) is 5.61. The summed E-state index contributed by atoms with van der Waals surface area (Å²) in [7, 11) is 0. The highest BCUT2D eigenvalue weighted by Gasteiger charge is 2.33. The highest BCUT2D eigenvalue weighted by atomic mass is 32.2. The lowest BCUT2D eigenvalue weighted by Crippen LogP contribution is -2.36. The summed E-state index contributed by atoms with van der Waals surface area (Å²) < 4.78 is 13.3. The molecule has 2 amide bonds. The maximum absolute atomic E-state index is 13.1. The van der Waals surface area contributed by atoms with E-state index in [4.69, 9.17) is 18.0 Å². The smallest absolute Gasteiger partial charge is 0.266 e. The Kier molecular flexibility index (Phi) is 4.05. The van der Waals surface area contributed by atoms with Crippen LogP contribution in [0.1, 0.15) is 5.56 Å². The number of nitrogens with two attached hydrogens (primary N) is 1. The molecule has 0 atom stereocenters. The number of rotatable bonds is 3. The van der Waals surface area contributed by atoms with E-state index in [0.29, 0.717) is 0 Å². The topological polar surface area (TPSA) is 83.6 Å². The van der Waals surface area contributed by atoms with E-state index in [9.17, 15) is 19.1 Å². The minimum atomic E-state index is -0.684. The van der Waals surface area contributed by atoms with E-state index in [-0.39, 0.29) is 27.1 Å². The molecule has 0 radical (unpaired) electrons. The lowest BCUT2D eigenvalue weighted by Gasteiger charge is -2.10. The molecule has 0 spiro atoms. The Labute approximate surface area is 123 Å². The van der Waals surface area contributed by atoms with Gasteiger partial charge in [0.15, 0.2) is 0 Å². The standard InChI is InChI=1S/C12H9FN2O3S2/c13-7-1-2-8(16)6(3-7)4-9-11(18)15(5-10(14)17)12(19)20-9/h1-4,16H,5H2,(H2,14,17). The number of carbonyl (C=O) groups excluding carboxylic acids is 2. The number of hydrogen-bond donors (Lipinski definition) is 2. The second kappa shape index (κ2) is 5.59. The molecule has 8 heteroatoms. The first-order chi connectivity index (χ1) is 9.38. The van der Waals surface area contributed by atoms with Crippen molar-refractivity contribution in [2.24, 2.45) is 5.73 Å². The molecule has 3 N–H and O–H groups in total. The number of thioether (sulfide) groups is 1. The van der Waals surface area contributed by atoms with Crippen LogP contribution in [0.5, 0.6) is 5.75 Å². The fourth-order valence-corrected chi connectivity index (χ4v) is 2.82. The summed E-state index contributed by atoms with van der Waals surface area (Å²) in [6.45, 7) is -0.308. The van der Waals surface area contributed by atoms with Crippen LogP contribution in [0.25, 0.3) is 6.08 Å². The van der Waals surface area contributed by atoms with Gasteiger partial charge in [0, 0.05) is 5.56 Å². The monoisotopic (exact) mass is 312 g/mol. The zero-order valence-electron chi connectivity index (χ0n) is 10.00. The molecule has 2 rings (SSSR count). The number of primary amides is 1. The summed E-state index contributed by atoms with van der Waals surface area (Å²) >= 11 is 5.93. The molecule has 20 heavy (non-hydrogen) atoms. The van der Waals surface area contributed by atoms with Gasteiger partial charge in [-0.2, -0.15) is 0 Å². The van der Waals surface area contributed by atoms with Crippen molar-refractivity contribution in [1.29, 1.82) is 0 Å². The van der Waals surface area contributed by atoms with Crippen molar-refractivity contribution >= 4 is 46.2 Å². The number of carbonyl (C=O) groups is 2. The number of benzene rings is 1. The van der Waals surface area contributed by atoms with Crippen LogP contribution in [-0.4, -0.2) is 32.7 Å². The Bertz CT molecular complexity index is 646. The predicted molar refractivity (Wildman–Crippen MR) is 77.1 cm³/mol. The van der Waals surface area contributed by atoms with Gasteiger partial charge in [0.2, 0.25) is 5.91 Å². The van der Waals surface area contributed by atoms with Gasteiger partial charge in [-0.05, 0) is 24.3 Å². The molecule has 1 saturated heterocycles. The molecule has 1 fully saturated rings. The Morgan fingerprint density at radius 3 is 2.90 bits per heavy atom. The summed E-state index contributed by atoms with van der Waals surface area (Å²) in [5.41, 5.74) is 5.18. The number of aromatic hydroxyl groups is 1. The van der Waals surface area contributed by atoms with Crippen LogP contribution in [0.4, 0.5) is 4.39 Å². The molecular formula is C12H9FN2O3S2. The second-order valence-electron chi connectivity index (χ2n) is 3.94. The quantitative estimate of drug-likeness (QED) is 0.647. The zero-order chi connectivity index (χ0) is 14.9. The third-order valence-electron chi connectivity index (χ3n) is 2.46. The molecule has 1 aliphatic heterocycles. The number of amides is 2. The van der Waals surface area contributed by atoms with E-state index in [1.807, 2.05) is 0 Å². The van der Waals surface area contributed by atoms with Crippen molar-refractivity contribution in [3.05, 3.63) is 34.5 Å². The first-order valence-electron chi connectivity index (χ1n) is 5.40. The van der Waals surface area contributed by atoms with Crippen molar-refractivity contribution in [2.45, 2.75) is 0 Å². The zero-order valence-corrected chi connectivity index (χ0v) is 11.6. The molecule has 104 valence electrons. The van der Waals surface area contributed by atoms with Crippen molar-refractivity contribution < 1.29 is 19.1 Å². The first kappa shape index (κ1) is 14.5. The van der Waals surface area contributed by atoms with E-state index in [2.05, 4.69) is 0 Å². The summed E-state index contributed by atoms with van der Waals surface area (Å²) in [5, 5.41) is 9.61. The van der Waals surface area contributed by atoms with Crippen LogP contribution in [-0.2, 0) is 9.59 Å². The molecule has 1 heterocycles. The predicted octanol–water partition coefficient (Wildman–Crippen LogP) is 1.22. The van der Waals surface area contributed by atoms with Crippen LogP contribution in [0.2, 0.25) is 0 Å². The number of hydrogen-bond acceptors (Lipinski definition) is 5. The van der Waals surface area contributed by atoms with Crippen molar-refractivity contribution in [2.75, 3.05) is 6.54 Å². The molecule has 0 unspecified atom stereocenters. The molecular weight excluding hydrogens is 303 g/mol. The fraction of sp³-hybridized carbons (Fsp3) is 0.0833. The average Bonchev–Trinajstić information content (AvgIpc) is 2.61. The van der Waals surface area contributed by atoms with Crippen molar-refractivity contribution in [3.8, 4) is 5.75 Å². The maximum Gasteiger partial charge on any atom is 0.266 e. The summed E-state index contributed by atoms with van der Waals surface area (Å²) in [4.78, 5) is 24.1. The van der Waals surface area contributed by atoms with E-state index >= 15 is 0 Å². The van der Waals surface area contributed by atoms with Gasteiger partial charge in [0.25, 0.3) is 5.91 Å². The summed E-state index contributed by atoms with van der Waals surface area (Å²) in [6.07, 6.45) is 1.32. The average molecular weight is 312 g/mol. The summed E-state index contributed by atoms with van der Waals surface area (Å²) in [6, 6.07) is 3.38. The van der Waals surface area contributed by atoms with Gasteiger partial charge in [-0.1, -0.05) is 24.0 Å². The van der Waals surface area contributed by atoms with Crippen LogP contribution >= 0.6 is 24.0 Å². The molecule has 1 aromatic rings. The van der Waals surface area contributed by atoms with Crippen LogP contribution in [0.15, 0.2) is 23.1 Å². The number of phenolic OH excluding ortho intramolecular Hbond substituents is 1. The fourth-order valence-electron chi connectivity index (χ4n) is 1.57. The van der Waals surface area contributed by atoms with Crippen molar-refractivity contribution in [1.82, 2.24) is 4.90 Å². The van der Waals surface area contributed by atoms with Gasteiger partial charge in [0.05, 0.1) is 4.91 Å². The van der Waals surface area contributed by atoms with Crippen LogP contribution in [0, 0.1) is 5.82 Å². The minimum absolute atomic E-state index is 0.157. The Morgan fingerprint density at radius 1 is 1.55 bits per heavy atom. The van der Waals surface area contributed by atoms with Gasteiger partial charge in [0.1, 0.15) is 22.4 Å². The molecule has 5 nitrogen and oxygen atoms in total.